The van der Waals surface area contributed by atoms with Gasteiger partial charge in [-0.15, -0.1) is 0 Å². The van der Waals surface area contributed by atoms with Crippen LogP contribution in [0.4, 0.5) is 0 Å². The van der Waals surface area contributed by atoms with E-state index < -0.39 is 5.60 Å². The van der Waals surface area contributed by atoms with Crippen LogP contribution >= 0.6 is 0 Å². The molecule has 15 heavy (non-hydrogen) atoms. The highest BCUT2D eigenvalue weighted by molar-refractivity contribution is 5.04. The Hall–Kier alpha value is -0.800. The Morgan fingerprint density at radius 2 is 2.53 bits per heavy atom. The molecule has 1 fully saturated rings. The summed E-state index contributed by atoms with van der Waals surface area (Å²) >= 11 is 0. The van der Waals surface area contributed by atoms with Crippen LogP contribution in [-0.4, -0.2) is 23.8 Å². The molecule has 0 saturated carbocycles. The zero-order chi connectivity index (χ0) is 10.7. The van der Waals surface area contributed by atoms with Crippen molar-refractivity contribution in [3.8, 4) is 0 Å². The standard InChI is InChI=1S/C12H19NO2/c1-12(14,8-11-5-3-7-15-11)10-4-2-6-13-9-10/h3,5,7,10,13-14H,2,4,6,8-9H2,1H3. The van der Waals surface area contributed by atoms with Crippen LogP contribution in [0, 0.1) is 5.92 Å². The van der Waals surface area contributed by atoms with Crippen LogP contribution in [0.25, 0.3) is 0 Å². The van der Waals surface area contributed by atoms with Gasteiger partial charge in [0, 0.05) is 18.9 Å². The van der Waals surface area contributed by atoms with E-state index >= 15 is 0 Å². The number of nitrogens with one attached hydrogen (secondary N) is 1. The van der Waals surface area contributed by atoms with Crippen LogP contribution in [0.2, 0.25) is 0 Å². The first-order valence-electron chi connectivity index (χ1n) is 5.64. The molecule has 1 saturated heterocycles. The third-order valence-electron chi connectivity index (χ3n) is 3.29. The Balaban J connectivity index is 1.98. The van der Waals surface area contributed by atoms with Crippen molar-refractivity contribution in [2.45, 2.75) is 31.8 Å². The molecule has 3 heteroatoms. The quantitative estimate of drug-likeness (QED) is 0.794. The largest absolute Gasteiger partial charge is 0.469 e. The molecule has 0 bridgehead atoms. The molecule has 0 aromatic carbocycles. The van der Waals surface area contributed by atoms with Gasteiger partial charge in [-0.2, -0.15) is 0 Å². The zero-order valence-corrected chi connectivity index (χ0v) is 9.20. The Labute approximate surface area is 90.5 Å². The van der Waals surface area contributed by atoms with E-state index in [1.165, 1.54) is 0 Å². The van der Waals surface area contributed by atoms with Gasteiger partial charge in [0.25, 0.3) is 0 Å². The molecule has 84 valence electrons. The van der Waals surface area contributed by atoms with Crippen LogP contribution in [0.5, 0.6) is 0 Å². The second kappa shape index (κ2) is 4.37. The first-order chi connectivity index (χ1) is 7.18. The fourth-order valence-electron chi connectivity index (χ4n) is 2.29. The van der Waals surface area contributed by atoms with Crippen molar-refractivity contribution in [1.29, 1.82) is 0 Å². The summed E-state index contributed by atoms with van der Waals surface area (Å²) in [6.07, 6.45) is 4.51. The molecule has 0 amide bonds. The third-order valence-corrected chi connectivity index (χ3v) is 3.29. The lowest BCUT2D eigenvalue weighted by molar-refractivity contribution is -0.0140. The molecule has 2 atom stereocenters. The van der Waals surface area contributed by atoms with E-state index in [1.54, 1.807) is 6.26 Å². The highest BCUT2D eigenvalue weighted by atomic mass is 16.3. The highest BCUT2D eigenvalue weighted by Crippen LogP contribution is 2.27. The fraction of sp³-hybridized carbons (Fsp3) is 0.667. The minimum absolute atomic E-state index is 0.330. The van der Waals surface area contributed by atoms with Crippen molar-refractivity contribution in [3.05, 3.63) is 24.2 Å². The highest BCUT2D eigenvalue weighted by Gasteiger charge is 2.33. The normalized spacial score (nSPS) is 26.1. The van der Waals surface area contributed by atoms with Crippen LogP contribution in [0.1, 0.15) is 25.5 Å². The third kappa shape index (κ3) is 2.61. The minimum Gasteiger partial charge on any atom is -0.469 e. The van der Waals surface area contributed by atoms with Gasteiger partial charge in [-0.25, -0.2) is 0 Å². The molecule has 3 nitrogen and oxygen atoms in total. The second-order valence-corrected chi connectivity index (χ2v) is 4.66. The molecule has 1 aliphatic heterocycles. The van der Waals surface area contributed by atoms with Crippen molar-refractivity contribution < 1.29 is 9.52 Å². The van der Waals surface area contributed by atoms with Crippen molar-refractivity contribution >= 4 is 0 Å². The lowest BCUT2D eigenvalue weighted by Crippen LogP contribution is -2.45. The summed E-state index contributed by atoms with van der Waals surface area (Å²) in [6, 6.07) is 3.79. The first kappa shape index (κ1) is 10.7. The van der Waals surface area contributed by atoms with Gasteiger partial charge in [0.15, 0.2) is 0 Å². The van der Waals surface area contributed by atoms with Crippen LogP contribution < -0.4 is 5.32 Å². The van der Waals surface area contributed by atoms with Gasteiger partial charge in [-0.1, -0.05) is 0 Å². The lowest BCUT2D eigenvalue weighted by atomic mass is 9.81. The molecule has 1 aromatic heterocycles. The first-order valence-corrected chi connectivity index (χ1v) is 5.64. The molecule has 2 N–H and O–H groups in total. The Morgan fingerprint density at radius 3 is 3.13 bits per heavy atom. The van der Waals surface area contributed by atoms with Gasteiger partial charge < -0.3 is 14.8 Å². The van der Waals surface area contributed by atoms with Gasteiger partial charge in [0.1, 0.15) is 5.76 Å². The maximum Gasteiger partial charge on any atom is 0.106 e. The van der Waals surface area contributed by atoms with E-state index in [4.69, 9.17) is 4.42 Å². The molecule has 0 radical (unpaired) electrons. The molecule has 1 aromatic rings. The van der Waals surface area contributed by atoms with Gasteiger partial charge in [0.05, 0.1) is 11.9 Å². The Bertz CT molecular complexity index is 287. The van der Waals surface area contributed by atoms with Crippen LogP contribution in [-0.2, 0) is 6.42 Å². The predicted molar refractivity (Wildman–Crippen MR) is 58.6 cm³/mol. The summed E-state index contributed by atoms with van der Waals surface area (Å²) in [7, 11) is 0. The number of hydrogen-bond donors (Lipinski definition) is 2. The van der Waals surface area contributed by atoms with Crippen molar-refractivity contribution in [1.82, 2.24) is 5.32 Å². The van der Waals surface area contributed by atoms with Gasteiger partial charge >= 0.3 is 0 Å². The summed E-state index contributed by atoms with van der Waals surface area (Å²) in [4.78, 5) is 0. The van der Waals surface area contributed by atoms with Crippen LogP contribution in [0.15, 0.2) is 22.8 Å². The van der Waals surface area contributed by atoms with Gasteiger partial charge in [-0.3, -0.25) is 0 Å². The summed E-state index contributed by atoms with van der Waals surface area (Å²) in [5, 5.41) is 13.7. The summed E-state index contributed by atoms with van der Waals surface area (Å²) in [5.41, 5.74) is -0.661. The molecule has 2 rings (SSSR count). The molecule has 2 unspecified atom stereocenters. The van der Waals surface area contributed by atoms with E-state index in [0.717, 1.165) is 31.7 Å². The summed E-state index contributed by atoms with van der Waals surface area (Å²) < 4.78 is 5.28. The zero-order valence-electron chi connectivity index (χ0n) is 9.20. The predicted octanol–water partition coefficient (Wildman–Crippen LogP) is 1.57. The smallest absolute Gasteiger partial charge is 0.106 e. The average molecular weight is 209 g/mol. The average Bonchev–Trinajstić information content (AvgIpc) is 2.71. The van der Waals surface area contributed by atoms with Crippen LogP contribution in [0.3, 0.4) is 0 Å². The van der Waals surface area contributed by atoms with E-state index in [0.29, 0.717) is 12.3 Å². The van der Waals surface area contributed by atoms with Crippen molar-refractivity contribution in [2.24, 2.45) is 5.92 Å². The number of furan rings is 1. The van der Waals surface area contributed by atoms with E-state index in [-0.39, 0.29) is 0 Å². The SMILES string of the molecule is CC(O)(Cc1ccco1)C1CCCNC1. The Morgan fingerprint density at radius 1 is 1.67 bits per heavy atom. The number of hydrogen-bond acceptors (Lipinski definition) is 3. The van der Waals surface area contributed by atoms with Crippen molar-refractivity contribution in [3.63, 3.8) is 0 Å². The number of aliphatic hydroxyl groups is 1. The van der Waals surface area contributed by atoms with Gasteiger partial charge in [-0.05, 0) is 38.4 Å². The molecule has 2 heterocycles. The summed E-state index contributed by atoms with van der Waals surface area (Å²) in [6.45, 7) is 3.90. The topological polar surface area (TPSA) is 45.4 Å². The monoisotopic (exact) mass is 209 g/mol. The fourth-order valence-corrected chi connectivity index (χ4v) is 2.29. The van der Waals surface area contributed by atoms with Gasteiger partial charge in [0.2, 0.25) is 0 Å². The van der Waals surface area contributed by atoms with E-state index in [2.05, 4.69) is 5.32 Å². The molecular weight excluding hydrogens is 190 g/mol. The molecule has 0 spiro atoms. The minimum atomic E-state index is -0.661. The number of rotatable bonds is 3. The molecule has 1 aliphatic rings. The maximum atomic E-state index is 10.4. The van der Waals surface area contributed by atoms with Crippen molar-refractivity contribution in [2.75, 3.05) is 13.1 Å². The molecular formula is C12H19NO2. The Kier molecular flexibility index (Phi) is 3.12. The van der Waals surface area contributed by atoms with E-state index in [9.17, 15) is 5.11 Å². The number of piperidine rings is 1. The van der Waals surface area contributed by atoms with E-state index in [1.807, 2.05) is 19.1 Å². The second-order valence-electron chi connectivity index (χ2n) is 4.66. The summed E-state index contributed by atoms with van der Waals surface area (Å²) in [5.74, 6) is 1.20. The molecule has 0 aliphatic carbocycles. The lowest BCUT2D eigenvalue weighted by Gasteiger charge is -2.35. The maximum absolute atomic E-state index is 10.4.